The maximum atomic E-state index is 13.6. The molecule has 1 aliphatic rings. The van der Waals surface area contributed by atoms with Gasteiger partial charge in [0.25, 0.3) is 0 Å². The number of aromatic nitrogens is 1. The van der Waals surface area contributed by atoms with E-state index < -0.39 is 5.41 Å². The van der Waals surface area contributed by atoms with Gasteiger partial charge in [-0.3, -0.25) is 4.79 Å². The minimum Gasteiger partial charge on any atom is -0.381 e. The molecular weight excluding hydrogens is 393 g/mol. The summed E-state index contributed by atoms with van der Waals surface area (Å²) in [4.78, 5) is 12.6. The number of hydrogen-bond donors (Lipinski definition) is 2. The molecule has 0 aliphatic carbocycles. The number of anilines is 1. The molecule has 6 heteroatoms. The highest BCUT2D eigenvalue weighted by Gasteiger charge is 2.25. The normalized spacial score (nSPS) is 17.0. The van der Waals surface area contributed by atoms with E-state index in [0.29, 0.717) is 17.9 Å². The quantitative estimate of drug-likeness (QED) is 0.535. The average Bonchev–Trinajstić information content (AvgIpc) is 3.12. The maximum Gasteiger partial charge on any atom is 0.229 e. The van der Waals surface area contributed by atoms with Crippen LogP contribution in [0.4, 0.5) is 10.1 Å². The minimum atomic E-state index is -0.543. The van der Waals surface area contributed by atoms with Crippen LogP contribution in [0.15, 0.2) is 42.5 Å². The molecule has 1 atom stereocenters. The van der Waals surface area contributed by atoms with Gasteiger partial charge < -0.3 is 20.0 Å². The van der Waals surface area contributed by atoms with E-state index in [0.717, 1.165) is 41.7 Å². The first-order chi connectivity index (χ1) is 14.8. The van der Waals surface area contributed by atoms with Gasteiger partial charge >= 0.3 is 0 Å². The van der Waals surface area contributed by atoms with E-state index in [2.05, 4.69) is 16.0 Å². The van der Waals surface area contributed by atoms with E-state index in [1.54, 1.807) is 12.1 Å². The van der Waals surface area contributed by atoms with E-state index in [4.69, 9.17) is 10.1 Å². The maximum absolute atomic E-state index is 13.6. The fraction of sp³-hybridized carbons (Fsp3) is 0.360. The van der Waals surface area contributed by atoms with Crippen molar-refractivity contribution in [2.45, 2.75) is 39.5 Å². The van der Waals surface area contributed by atoms with Crippen molar-refractivity contribution in [2.75, 3.05) is 18.5 Å². The Labute approximate surface area is 181 Å². The highest BCUT2D eigenvalue weighted by Crippen LogP contribution is 2.35. The molecule has 2 N–H and O–H groups in total. The van der Waals surface area contributed by atoms with Crippen LogP contribution in [0.25, 0.3) is 16.6 Å². The Kier molecular flexibility index (Phi) is 5.67. The molecule has 1 amide bonds. The summed E-state index contributed by atoms with van der Waals surface area (Å²) in [5, 5.41) is 11.8. The van der Waals surface area contributed by atoms with Crippen LogP contribution in [0.5, 0.6) is 0 Å². The predicted molar refractivity (Wildman–Crippen MR) is 122 cm³/mol. The number of halogens is 1. The number of nitrogens with one attached hydrogen (secondary N) is 2. The molecule has 2 aromatic carbocycles. The van der Waals surface area contributed by atoms with Crippen LogP contribution in [-0.4, -0.2) is 29.9 Å². The summed E-state index contributed by atoms with van der Waals surface area (Å²) >= 11 is 0. The van der Waals surface area contributed by atoms with Crippen LogP contribution in [0.3, 0.4) is 0 Å². The van der Waals surface area contributed by atoms with Gasteiger partial charge in [-0.05, 0) is 55.3 Å². The van der Waals surface area contributed by atoms with Crippen LogP contribution < -0.4 is 5.32 Å². The summed E-state index contributed by atoms with van der Waals surface area (Å²) in [6.45, 7) is 6.99. The van der Waals surface area contributed by atoms with Crippen LogP contribution in [-0.2, 0) is 9.53 Å². The van der Waals surface area contributed by atoms with E-state index in [-0.39, 0.29) is 17.6 Å². The van der Waals surface area contributed by atoms with Crippen LogP contribution in [0.2, 0.25) is 0 Å². The average molecular weight is 422 g/mol. The third-order valence-electron chi connectivity index (χ3n) is 5.75. The van der Waals surface area contributed by atoms with Crippen LogP contribution in [0.1, 0.15) is 50.8 Å². The Balaban J connectivity index is 1.89. The number of carbonyl (C=O) groups is 1. The molecule has 0 spiro atoms. The number of hydrogen-bond acceptors (Lipinski definition) is 3. The van der Waals surface area contributed by atoms with E-state index in [1.807, 2.05) is 32.9 Å². The first-order valence-corrected chi connectivity index (χ1v) is 10.6. The van der Waals surface area contributed by atoms with Crippen LogP contribution >= 0.6 is 0 Å². The van der Waals surface area contributed by atoms with E-state index in [9.17, 15) is 9.18 Å². The first-order valence-electron chi connectivity index (χ1n) is 10.6. The second kappa shape index (κ2) is 8.27. The van der Waals surface area contributed by atoms with Crippen molar-refractivity contribution in [1.82, 2.24) is 4.57 Å². The lowest BCUT2D eigenvalue weighted by Crippen LogP contribution is -2.28. The van der Waals surface area contributed by atoms with Crippen molar-refractivity contribution in [3.63, 3.8) is 0 Å². The molecule has 162 valence electrons. The Hall–Kier alpha value is -2.99. The van der Waals surface area contributed by atoms with Gasteiger partial charge in [0.15, 0.2) is 0 Å². The monoisotopic (exact) mass is 421 g/mol. The largest absolute Gasteiger partial charge is 0.381 e. The molecule has 1 saturated heterocycles. The molecule has 5 nitrogen and oxygen atoms in total. The lowest BCUT2D eigenvalue weighted by atomic mass is 9.95. The van der Waals surface area contributed by atoms with Crippen molar-refractivity contribution in [3.05, 3.63) is 59.5 Å². The second-order valence-corrected chi connectivity index (χ2v) is 9.14. The van der Waals surface area contributed by atoms with Gasteiger partial charge in [0, 0.05) is 46.5 Å². The standard InChI is InChI=1S/C25H28FN3O2/c1-25(2,3)24(30)28-21-11-17-12-22(16-5-4-10-31-15-16)29(23(17)13-18(21)14-27)20-8-6-19(26)7-9-20/h6-9,11-14,16,27H,4-5,10,15H2,1-3H3,(H,28,30). The van der Waals surface area contributed by atoms with E-state index >= 15 is 0 Å². The van der Waals surface area contributed by atoms with Gasteiger partial charge in [-0.2, -0.15) is 0 Å². The molecule has 3 aromatic rings. The van der Waals surface area contributed by atoms with Crippen molar-refractivity contribution in [2.24, 2.45) is 5.41 Å². The smallest absolute Gasteiger partial charge is 0.229 e. The molecule has 1 fully saturated rings. The number of amides is 1. The SMILES string of the molecule is CC(C)(C)C(=O)Nc1cc2cc(C3CCCOC3)n(-c3ccc(F)cc3)c2cc1C=N. The molecule has 31 heavy (non-hydrogen) atoms. The fourth-order valence-corrected chi connectivity index (χ4v) is 3.98. The molecule has 2 heterocycles. The number of nitrogens with zero attached hydrogens (tertiary/aromatic N) is 1. The van der Waals surface area contributed by atoms with Gasteiger partial charge in [-0.1, -0.05) is 20.8 Å². The van der Waals surface area contributed by atoms with Gasteiger partial charge in [0.1, 0.15) is 5.82 Å². The van der Waals surface area contributed by atoms with Crippen molar-refractivity contribution >= 4 is 28.7 Å². The zero-order valence-electron chi connectivity index (χ0n) is 18.2. The summed E-state index contributed by atoms with van der Waals surface area (Å²) in [5.74, 6) is -0.161. The second-order valence-electron chi connectivity index (χ2n) is 9.14. The molecule has 1 aliphatic heterocycles. The highest BCUT2D eigenvalue weighted by molar-refractivity contribution is 6.03. The minimum absolute atomic E-state index is 0.103. The summed E-state index contributed by atoms with van der Waals surface area (Å²) in [7, 11) is 0. The number of rotatable bonds is 4. The topological polar surface area (TPSA) is 67.1 Å². The zero-order valence-corrected chi connectivity index (χ0v) is 18.2. The Morgan fingerprint density at radius 2 is 1.97 bits per heavy atom. The lowest BCUT2D eigenvalue weighted by Gasteiger charge is -2.24. The van der Waals surface area contributed by atoms with Crippen LogP contribution in [0, 0.1) is 16.6 Å². The Bertz CT molecular complexity index is 1120. The highest BCUT2D eigenvalue weighted by atomic mass is 19.1. The predicted octanol–water partition coefficient (Wildman–Crippen LogP) is 5.65. The molecular formula is C25H28FN3O2. The number of benzene rings is 2. The molecule has 1 unspecified atom stereocenters. The summed E-state index contributed by atoms with van der Waals surface area (Å²) in [6, 6.07) is 12.4. The third-order valence-corrected chi connectivity index (χ3v) is 5.75. The summed E-state index contributed by atoms with van der Waals surface area (Å²) < 4.78 is 21.4. The lowest BCUT2D eigenvalue weighted by molar-refractivity contribution is -0.123. The van der Waals surface area contributed by atoms with Crippen molar-refractivity contribution in [1.29, 1.82) is 5.41 Å². The number of ether oxygens (including phenoxy) is 1. The van der Waals surface area contributed by atoms with Gasteiger partial charge in [-0.15, -0.1) is 0 Å². The summed E-state index contributed by atoms with van der Waals surface area (Å²) in [5.41, 5.74) is 3.57. The third kappa shape index (κ3) is 4.26. The Morgan fingerprint density at radius 1 is 1.23 bits per heavy atom. The molecule has 0 radical (unpaired) electrons. The molecule has 0 saturated carbocycles. The van der Waals surface area contributed by atoms with E-state index in [1.165, 1.54) is 18.3 Å². The number of fused-ring (bicyclic) bond motifs is 1. The Morgan fingerprint density at radius 3 is 2.58 bits per heavy atom. The summed E-state index contributed by atoms with van der Waals surface area (Å²) in [6.07, 6.45) is 3.26. The molecule has 0 bridgehead atoms. The first kappa shape index (κ1) is 21.2. The van der Waals surface area contributed by atoms with Crippen molar-refractivity contribution < 1.29 is 13.9 Å². The molecule has 1 aromatic heterocycles. The molecule has 4 rings (SSSR count). The number of carbonyl (C=O) groups excluding carboxylic acids is 1. The van der Waals surface area contributed by atoms with Gasteiger partial charge in [0.2, 0.25) is 5.91 Å². The zero-order chi connectivity index (χ0) is 22.2. The van der Waals surface area contributed by atoms with Gasteiger partial charge in [-0.25, -0.2) is 4.39 Å². The fourth-order valence-electron chi connectivity index (χ4n) is 3.98. The van der Waals surface area contributed by atoms with Gasteiger partial charge in [0.05, 0.1) is 17.8 Å². The van der Waals surface area contributed by atoms with Crippen molar-refractivity contribution in [3.8, 4) is 5.69 Å².